The number of para-hydroxylation sites is 1. The topological polar surface area (TPSA) is 87.7 Å². The number of amides is 2. The van der Waals surface area contributed by atoms with Gasteiger partial charge in [0.05, 0.1) is 5.56 Å². The molecule has 7 heteroatoms. The number of carbonyl (C=O) groups excluding carboxylic acids is 2. The van der Waals surface area contributed by atoms with Gasteiger partial charge in [0.25, 0.3) is 11.8 Å². The number of ether oxygens (including phenoxy) is 1. The molecule has 0 aliphatic carbocycles. The maximum Gasteiger partial charge on any atom is 0.279 e. The molecule has 23 heavy (non-hydrogen) atoms. The highest BCUT2D eigenvalue weighted by Gasteiger charge is 2.17. The maximum absolute atomic E-state index is 11.9. The van der Waals surface area contributed by atoms with Crippen LogP contribution in [-0.4, -0.2) is 23.0 Å². The molecule has 2 aromatic rings. The fourth-order valence-electron chi connectivity index (χ4n) is 1.73. The van der Waals surface area contributed by atoms with Gasteiger partial charge in [-0.1, -0.05) is 29.8 Å². The first-order chi connectivity index (χ1) is 11.0. The minimum Gasteiger partial charge on any atom is -0.507 e. The van der Waals surface area contributed by atoms with E-state index in [1.807, 2.05) is 6.07 Å². The number of hydrazine groups is 1. The Morgan fingerprint density at radius 1 is 1.13 bits per heavy atom. The third kappa shape index (κ3) is 4.62. The van der Waals surface area contributed by atoms with E-state index < -0.39 is 17.9 Å². The average molecular weight is 335 g/mol. The molecule has 0 radical (unpaired) electrons. The molecular weight excluding hydrogens is 320 g/mol. The Hall–Kier alpha value is -2.73. The van der Waals surface area contributed by atoms with Crippen LogP contribution in [0.3, 0.4) is 0 Å². The number of nitrogens with one attached hydrogen (secondary N) is 2. The number of aromatic hydroxyl groups is 1. The summed E-state index contributed by atoms with van der Waals surface area (Å²) in [5.41, 5.74) is 4.38. The lowest BCUT2D eigenvalue weighted by Gasteiger charge is -2.15. The molecule has 3 N–H and O–H groups in total. The van der Waals surface area contributed by atoms with Crippen LogP contribution in [0.5, 0.6) is 11.5 Å². The Balaban J connectivity index is 1.90. The van der Waals surface area contributed by atoms with Crippen molar-refractivity contribution in [2.45, 2.75) is 13.0 Å². The highest BCUT2D eigenvalue weighted by molar-refractivity contribution is 6.31. The van der Waals surface area contributed by atoms with Crippen LogP contribution in [0.15, 0.2) is 48.5 Å². The first kappa shape index (κ1) is 16.6. The lowest BCUT2D eigenvalue weighted by Crippen LogP contribution is -2.47. The van der Waals surface area contributed by atoms with Gasteiger partial charge in [0.2, 0.25) is 0 Å². The van der Waals surface area contributed by atoms with E-state index in [1.54, 1.807) is 31.2 Å². The average Bonchev–Trinajstić information content (AvgIpc) is 2.55. The summed E-state index contributed by atoms with van der Waals surface area (Å²) in [6.45, 7) is 1.55. The first-order valence-corrected chi connectivity index (χ1v) is 7.15. The molecular formula is C16H15ClN2O4. The zero-order valence-corrected chi connectivity index (χ0v) is 13.0. The molecule has 0 aliphatic rings. The smallest absolute Gasteiger partial charge is 0.279 e. The van der Waals surface area contributed by atoms with E-state index in [0.717, 1.165) is 0 Å². The number of halogens is 1. The summed E-state index contributed by atoms with van der Waals surface area (Å²) in [6.07, 6.45) is -0.814. The van der Waals surface area contributed by atoms with Crippen molar-refractivity contribution in [1.82, 2.24) is 10.9 Å². The van der Waals surface area contributed by atoms with Gasteiger partial charge in [0.15, 0.2) is 6.10 Å². The van der Waals surface area contributed by atoms with Gasteiger partial charge in [-0.3, -0.25) is 20.4 Å². The van der Waals surface area contributed by atoms with Gasteiger partial charge >= 0.3 is 0 Å². The molecule has 0 aromatic heterocycles. The number of benzene rings is 2. The Morgan fingerprint density at radius 2 is 1.83 bits per heavy atom. The van der Waals surface area contributed by atoms with Crippen molar-refractivity contribution in [1.29, 1.82) is 0 Å². The zero-order valence-electron chi connectivity index (χ0n) is 12.2. The highest BCUT2D eigenvalue weighted by atomic mass is 35.5. The Labute approximate surface area is 138 Å². The largest absolute Gasteiger partial charge is 0.507 e. The molecule has 0 fully saturated rings. The van der Waals surface area contributed by atoms with Crippen LogP contribution >= 0.6 is 11.6 Å². The lowest BCUT2D eigenvalue weighted by atomic mass is 10.2. The molecule has 6 nitrogen and oxygen atoms in total. The predicted molar refractivity (Wildman–Crippen MR) is 85.3 cm³/mol. The molecule has 2 amide bonds. The summed E-state index contributed by atoms with van der Waals surface area (Å²) in [7, 11) is 0. The number of carbonyl (C=O) groups is 2. The number of phenolic OH excluding ortho intramolecular Hbond substituents is 1. The number of hydrogen-bond acceptors (Lipinski definition) is 4. The summed E-state index contributed by atoms with van der Waals surface area (Å²) in [4.78, 5) is 23.8. The standard InChI is InChI=1S/C16H15ClN2O4/c1-10(23-12-5-3-2-4-6-12)15(21)18-19-16(22)13-9-11(17)7-8-14(13)20/h2-10,20H,1H3,(H,18,21)(H,19,22)/t10-/m1/s1. The van der Waals surface area contributed by atoms with Gasteiger partial charge < -0.3 is 9.84 Å². The van der Waals surface area contributed by atoms with Crippen LogP contribution in [-0.2, 0) is 4.79 Å². The van der Waals surface area contributed by atoms with Crippen molar-refractivity contribution < 1.29 is 19.4 Å². The van der Waals surface area contributed by atoms with Crippen LogP contribution in [0, 0.1) is 0 Å². The number of hydrogen-bond donors (Lipinski definition) is 3. The van der Waals surface area contributed by atoms with Crippen molar-refractivity contribution in [2.75, 3.05) is 0 Å². The second-order valence-corrected chi connectivity index (χ2v) is 5.11. The number of phenols is 1. The summed E-state index contributed by atoms with van der Waals surface area (Å²) < 4.78 is 5.42. The molecule has 0 saturated heterocycles. The summed E-state index contributed by atoms with van der Waals surface area (Å²) >= 11 is 5.77. The Morgan fingerprint density at radius 3 is 2.52 bits per heavy atom. The van der Waals surface area contributed by atoms with Crippen molar-refractivity contribution >= 4 is 23.4 Å². The molecule has 0 saturated carbocycles. The predicted octanol–water partition coefficient (Wildman–Crippen LogP) is 2.27. The maximum atomic E-state index is 11.9. The van der Waals surface area contributed by atoms with Gasteiger partial charge in [-0.25, -0.2) is 0 Å². The van der Waals surface area contributed by atoms with Gasteiger partial charge in [-0.05, 0) is 37.3 Å². The number of rotatable bonds is 4. The molecule has 0 heterocycles. The highest BCUT2D eigenvalue weighted by Crippen LogP contribution is 2.21. The molecule has 120 valence electrons. The van der Waals surface area contributed by atoms with E-state index in [0.29, 0.717) is 10.8 Å². The van der Waals surface area contributed by atoms with E-state index in [2.05, 4.69) is 10.9 Å². The van der Waals surface area contributed by atoms with Crippen LogP contribution in [0.1, 0.15) is 17.3 Å². The molecule has 0 bridgehead atoms. The zero-order chi connectivity index (χ0) is 16.8. The molecule has 2 rings (SSSR count). The first-order valence-electron chi connectivity index (χ1n) is 6.78. The van der Waals surface area contributed by atoms with E-state index in [1.165, 1.54) is 18.2 Å². The SMILES string of the molecule is C[C@@H](Oc1ccccc1)C(=O)NNC(=O)c1cc(Cl)ccc1O. The van der Waals surface area contributed by atoms with Crippen LogP contribution in [0.25, 0.3) is 0 Å². The van der Waals surface area contributed by atoms with Crippen molar-refractivity contribution in [3.63, 3.8) is 0 Å². The fraction of sp³-hybridized carbons (Fsp3) is 0.125. The monoisotopic (exact) mass is 334 g/mol. The second-order valence-electron chi connectivity index (χ2n) is 4.68. The van der Waals surface area contributed by atoms with Gasteiger partial charge in [0, 0.05) is 5.02 Å². The third-order valence-electron chi connectivity index (χ3n) is 2.93. The lowest BCUT2D eigenvalue weighted by molar-refractivity contribution is -0.128. The van der Waals surface area contributed by atoms with E-state index >= 15 is 0 Å². The van der Waals surface area contributed by atoms with Gasteiger partial charge in [-0.2, -0.15) is 0 Å². The summed E-state index contributed by atoms with van der Waals surface area (Å²) in [5, 5.41) is 9.91. The minimum absolute atomic E-state index is 0.0468. The van der Waals surface area contributed by atoms with Gasteiger partial charge in [-0.15, -0.1) is 0 Å². The van der Waals surface area contributed by atoms with Crippen molar-refractivity contribution in [3.05, 3.63) is 59.1 Å². The van der Waals surface area contributed by atoms with Crippen LogP contribution in [0.2, 0.25) is 5.02 Å². The second kappa shape index (κ2) is 7.51. The third-order valence-corrected chi connectivity index (χ3v) is 3.16. The Kier molecular flexibility index (Phi) is 5.43. The molecule has 0 unspecified atom stereocenters. The van der Waals surface area contributed by atoms with E-state index in [4.69, 9.17) is 16.3 Å². The van der Waals surface area contributed by atoms with Crippen molar-refractivity contribution in [3.8, 4) is 11.5 Å². The molecule has 0 aliphatic heterocycles. The quantitative estimate of drug-likeness (QED) is 0.748. The van der Waals surface area contributed by atoms with Gasteiger partial charge in [0.1, 0.15) is 11.5 Å². The minimum atomic E-state index is -0.814. The fourth-order valence-corrected chi connectivity index (χ4v) is 1.91. The normalized spacial score (nSPS) is 11.4. The summed E-state index contributed by atoms with van der Waals surface area (Å²) in [5.74, 6) is -0.933. The summed E-state index contributed by atoms with van der Waals surface area (Å²) in [6, 6.07) is 12.9. The Bertz CT molecular complexity index is 706. The molecule has 1 atom stereocenters. The van der Waals surface area contributed by atoms with Crippen LogP contribution < -0.4 is 15.6 Å². The molecule has 2 aromatic carbocycles. The van der Waals surface area contributed by atoms with Crippen LogP contribution in [0.4, 0.5) is 0 Å². The van der Waals surface area contributed by atoms with Crippen molar-refractivity contribution in [2.24, 2.45) is 0 Å². The van der Waals surface area contributed by atoms with E-state index in [-0.39, 0.29) is 11.3 Å². The van der Waals surface area contributed by atoms with E-state index in [9.17, 15) is 14.7 Å². The molecule has 0 spiro atoms.